The summed E-state index contributed by atoms with van der Waals surface area (Å²) in [5.41, 5.74) is 2.93. The van der Waals surface area contributed by atoms with Gasteiger partial charge < -0.3 is 20.6 Å². The molecule has 3 aromatic rings. The highest BCUT2D eigenvalue weighted by molar-refractivity contribution is 7.21. The lowest BCUT2D eigenvalue weighted by Gasteiger charge is -2.32. The number of hydrogen-bond donors (Lipinski definition) is 4. The van der Waals surface area contributed by atoms with Crippen LogP contribution in [0.1, 0.15) is 75.0 Å². The van der Waals surface area contributed by atoms with Gasteiger partial charge in [-0.15, -0.1) is 11.3 Å². The Labute approximate surface area is 227 Å². The fraction of sp³-hybridized carbons (Fsp3) is 0.655. The largest absolute Gasteiger partial charge is 0.390 e. The molecule has 202 valence electrons. The second-order valence-electron chi connectivity index (χ2n) is 12.4. The zero-order valence-electron chi connectivity index (χ0n) is 22.2. The zero-order valence-corrected chi connectivity index (χ0v) is 23.0. The molecule has 0 aromatic carbocycles. The van der Waals surface area contributed by atoms with Crippen LogP contribution in [0, 0.1) is 31.1 Å². The number of aryl methyl sites for hydroxylation is 2. The van der Waals surface area contributed by atoms with E-state index >= 15 is 0 Å². The number of rotatable bonds is 7. The third kappa shape index (κ3) is 4.13. The highest BCUT2D eigenvalue weighted by Crippen LogP contribution is 2.62. The number of thiazole rings is 1. The molecule has 4 fully saturated rings. The first-order valence-electron chi connectivity index (χ1n) is 14.2. The van der Waals surface area contributed by atoms with E-state index in [0.29, 0.717) is 30.5 Å². The van der Waals surface area contributed by atoms with Crippen LogP contribution in [0.15, 0.2) is 12.3 Å². The third-order valence-electron chi connectivity index (χ3n) is 9.85. The van der Waals surface area contributed by atoms with Crippen LogP contribution < -0.4 is 5.32 Å². The van der Waals surface area contributed by atoms with E-state index < -0.39 is 23.9 Å². The van der Waals surface area contributed by atoms with Crippen LogP contribution in [0.3, 0.4) is 0 Å². The Morgan fingerprint density at radius 3 is 2.45 bits per heavy atom. The molecule has 8 nitrogen and oxygen atoms in total. The van der Waals surface area contributed by atoms with Crippen molar-refractivity contribution < 1.29 is 15.3 Å². The normalized spacial score (nSPS) is 29.7. The van der Waals surface area contributed by atoms with Crippen molar-refractivity contribution in [1.82, 2.24) is 19.9 Å². The van der Waals surface area contributed by atoms with Crippen molar-refractivity contribution in [3.05, 3.63) is 29.5 Å². The fourth-order valence-electron chi connectivity index (χ4n) is 7.30. The lowest BCUT2D eigenvalue weighted by molar-refractivity contribution is -0.0763. The maximum Gasteiger partial charge on any atom is 0.140 e. The molecule has 0 spiro atoms. The van der Waals surface area contributed by atoms with Gasteiger partial charge in [0.05, 0.1) is 39.4 Å². The molecule has 4 atom stereocenters. The van der Waals surface area contributed by atoms with Crippen LogP contribution in [-0.4, -0.2) is 59.1 Å². The van der Waals surface area contributed by atoms with Gasteiger partial charge in [-0.25, -0.2) is 15.0 Å². The second kappa shape index (κ2) is 8.91. The number of aliphatic hydroxyl groups is 3. The van der Waals surface area contributed by atoms with E-state index in [1.807, 2.05) is 26.1 Å². The average Bonchev–Trinajstić information content (AvgIpc) is 3.77. The van der Waals surface area contributed by atoms with Gasteiger partial charge in [0.25, 0.3) is 0 Å². The monoisotopic (exact) mass is 535 g/mol. The van der Waals surface area contributed by atoms with Crippen LogP contribution in [0.25, 0.3) is 20.8 Å². The number of pyridine rings is 1. The van der Waals surface area contributed by atoms with Crippen molar-refractivity contribution in [2.24, 2.45) is 17.3 Å². The highest BCUT2D eigenvalue weighted by atomic mass is 32.1. The number of aromatic nitrogens is 4. The first kappa shape index (κ1) is 24.8. The predicted molar refractivity (Wildman–Crippen MR) is 147 cm³/mol. The summed E-state index contributed by atoms with van der Waals surface area (Å²) in [5.74, 6) is 1.96. The minimum absolute atomic E-state index is 0.357. The summed E-state index contributed by atoms with van der Waals surface area (Å²) in [6.45, 7) is 3.98. The summed E-state index contributed by atoms with van der Waals surface area (Å²) in [6.07, 6.45) is 9.64. The van der Waals surface area contributed by atoms with Gasteiger partial charge in [-0.05, 0) is 76.2 Å². The van der Waals surface area contributed by atoms with Gasteiger partial charge in [0.15, 0.2) is 0 Å². The molecule has 0 aliphatic heterocycles. The first-order valence-corrected chi connectivity index (χ1v) is 15.0. The van der Waals surface area contributed by atoms with Crippen LogP contribution in [0.5, 0.6) is 0 Å². The molecule has 0 radical (unpaired) electrons. The lowest BCUT2D eigenvalue weighted by atomic mass is 9.83. The van der Waals surface area contributed by atoms with Crippen LogP contribution in [-0.2, 0) is 6.42 Å². The fourth-order valence-corrected chi connectivity index (χ4v) is 8.41. The van der Waals surface area contributed by atoms with E-state index in [0.717, 1.165) is 63.2 Å². The highest BCUT2D eigenvalue weighted by Gasteiger charge is 2.54. The molecular weight excluding hydrogens is 498 g/mol. The van der Waals surface area contributed by atoms with Crippen molar-refractivity contribution in [3.63, 3.8) is 0 Å². The van der Waals surface area contributed by atoms with E-state index in [4.69, 9.17) is 15.0 Å². The molecule has 0 bridgehead atoms. The molecule has 9 heteroatoms. The quantitative estimate of drug-likeness (QED) is 0.353. The van der Waals surface area contributed by atoms with Crippen molar-refractivity contribution in [2.75, 3.05) is 5.32 Å². The molecule has 0 unspecified atom stereocenters. The first-order chi connectivity index (χ1) is 18.3. The molecule has 4 aliphatic rings. The zero-order chi connectivity index (χ0) is 26.2. The topological polar surface area (TPSA) is 124 Å². The Kier molecular flexibility index (Phi) is 5.82. The Balaban J connectivity index is 1.26. The van der Waals surface area contributed by atoms with Gasteiger partial charge in [-0.1, -0.05) is 12.8 Å². The number of anilines is 1. The lowest BCUT2D eigenvalue weighted by Crippen LogP contribution is -2.42. The minimum atomic E-state index is -0.987. The molecule has 4 aliphatic carbocycles. The van der Waals surface area contributed by atoms with Crippen molar-refractivity contribution in [1.29, 1.82) is 0 Å². The maximum absolute atomic E-state index is 11.2. The maximum atomic E-state index is 11.2. The van der Waals surface area contributed by atoms with Crippen LogP contribution in [0.2, 0.25) is 0 Å². The molecule has 3 aromatic heterocycles. The molecule has 0 saturated heterocycles. The predicted octanol–water partition coefficient (Wildman–Crippen LogP) is 4.33. The SMILES string of the molecule is Cc1nc(CC2(C3CC3)CC2)nc(N[C@@H]2C[C@H](C3(O)CCCC3)[C@@H](O)[C@H]2O)c1-c1nc2c(C)nccc2s1. The van der Waals surface area contributed by atoms with Gasteiger partial charge in [0, 0.05) is 18.5 Å². The number of nitrogens with one attached hydrogen (secondary N) is 1. The molecule has 7 rings (SSSR count). The van der Waals surface area contributed by atoms with Gasteiger partial charge in [-0.2, -0.15) is 0 Å². The summed E-state index contributed by atoms with van der Waals surface area (Å²) in [5, 5.41) is 37.7. The van der Waals surface area contributed by atoms with Crippen LogP contribution >= 0.6 is 11.3 Å². The molecule has 38 heavy (non-hydrogen) atoms. The Hall–Kier alpha value is -2.20. The van der Waals surface area contributed by atoms with Crippen LogP contribution in [0.4, 0.5) is 5.82 Å². The molecule has 3 heterocycles. The molecule has 4 saturated carbocycles. The molecular formula is C29H37N5O3S. The Bertz CT molecular complexity index is 1380. The number of nitrogens with zero attached hydrogens (tertiary/aromatic N) is 4. The summed E-state index contributed by atoms with van der Waals surface area (Å²) >= 11 is 1.60. The summed E-state index contributed by atoms with van der Waals surface area (Å²) in [4.78, 5) is 19.4. The average molecular weight is 536 g/mol. The van der Waals surface area contributed by atoms with Crippen molar-refractivity contribution in [3.8, 4) is 10.6 Å². The van der Waals surface area contributed by atoms with E-state index in [2.05, 4.69) is 10.3 Å². The standard InChI is InChI=1S/C29H37N5O3S/c1-15-22(27-34-23-16(2)30-12-7-20(23)38-27)26(33-21(31-15)14-28(10-11-28)17-5-6-17)32-19-13-18(24(35)25(19)36)29(37)8-3-4-9-29/h7,12,17-19,24-25,35-37H,3-6,8-11,13-14H2,1-2H3,(H,31,32,33)/t18-,19+,24+,25-/m0/s1. The number of aliphatic hydroxyl groups excluding tert-OH is 2. The van der Waals surface area contributed by atoms with Gasteiger partial charge in [0.2, 0.25) is 0 Å². The third-order valence-corrected chi connectivity index (χ3v) is 10.9. The summed E-state index contributed by atoms with van der Waals surface area (Å²) in [7, 11) is 0. The Morgan fingerprint density at radius 1 is 1.00 bits per heavy atom. The van der Waals surface area contributed by atoms with Gasteiger partial charge in [0.1, 0.15) is 28.3 Å². The molecule has 0 amide bonds. The van der Waals surface area contributed by atoms with Crippen molar-refractivity contribution >= 4 is 27.4 Å². The van der Waals surface area contributed by atoms with E-state index in [1.54, 1.807) is 11.3 Å². The van der Waals surface area contributed by atoms with E-state index in [-0.39, 0.29) is 5.92 Å². The Morgan fingerprint density at radius 2 is 1.76 bits per heavy atom. The number of fused-ring (bicyclic) bond motifs is 1. The van der Waals surface area contributed by atoms with Gasteiger partial charge in [-0.3, -0.25) is 4.98 Å². The van der Waals surface area contributed by atoms with E-state index in [9.17, 15) is 15.3 Å². The van der Waals surface area contributed by atoms with Crippen molar-refractivity contribution in [2.45, 2.75) is 102 Å². The summed E-state index contributed by atoms with van der Waals surface area (Å²) in [6, 6.07) is 1.56. The summed E-state index contributed by atoms with van der Waals surface area (Å²) < 4.78 is 1.06. The second-order valence-corrected chi connectivity index (χ2v) is 13.4. The minimum Gasteiger partial charge on any atom is -0.390 e. The number of hydrogen-bond acceptors (Lipinski definition) is 9. The molecule has 4 N–H and O–H groups in total. The van der Waals surface area contributed by atoms with E-state index in [1.165, 1.54) is 25.7 Å². The van der Waals surface area contributed by atoms with Gasteiger partial charge >= 0.3 is 0 Å². The smallest absolute Gasteiger partial charge is 0.140 e.